The molecular weight excluding hydrogens is 460 g/mol. The van der Waals surface area contributed by atoms with E-state index in [1.807, 2.05) is 23.7 Å². The zero-order chi connectivity index (χ0) is 22.7. The number of pyridine rings is 1. The lowest BCUT2D eigenvalue weighted by Crippen LogP contribution is -2.44. The zero-order valence-electron chi connectivity index (χ0n) is 18.4. The van der Waals surface area contributed by atoms with Gasteiger partial charge in [0.25, 0.3) is 0 Å². The van der Waals surface area contributed by atoms with E-state index >= 15 is 0 Å². The van der Waals surface area contributed by atoms with E-state index in [0.717, 1.165) is 27.1 Å². The first kappa shape index (κ1) is 20.8. The van der Waals surface area contributed by atoms with E-state index in [-0.39, 0.29) is 11.3 Å². The first-order valence-corrected chi connectivity index (χ1v) is 13.4. The highest BCUT2D eigenvalue weighted by atomic mass is 32.2. The van der Waals surface area contributed by atoms with Gasteiger partial charge in [-0.3, -0.25) is 4.31 Å². The van der Waals surface area contributed by atoms with E-state index in [2.05, 4.69) is 21.8 Å². The molecule has 0 aromatic carbocycles. The van der Waals surface area contributed by atoms with Gasteiger partial charge >= 0.3 is 0 Å². The van der Waals surface area contributed by atoms with Crippen LogP contribution >= 0.6 is 11.3 Å². The van der Waals surface area contributed by atoms with Gasteiger partial charge in [0, 0.05) is 42.3 Å². The quantitative estimate of drug-likeness (QED) is 0.463. The molecule has 0 radical (unpaired) electrons. The fourth-order valence-corrected chi connectivity index (χ4v) is 7.04. The smallest absolute Gasteiger partial charge is 0.237 e. The second-order valence-electron chi connectivity index (χ2n) is 8.60. The summed E-state index contributed by atoms with van der Waals surface area (Å²) < 4.78 is 34.0. The number of nitrogens with one attached hydrogen (secondary N) is 1. The maximum absolute atomic E-state index is 13.0. The Morgan fingerprint density at radius 3 is 2.91 bits per heavy atom. The van der Waals surface area contributed by atoms with E-state index in [4.69, 9.17) is 14.7 Å². The number of sulfonamides is 1. The Morgan fingerprint density at radius 1 is 1.27 bits per heavy atom. The molecule has 6 rings (SSSR count). The molecule has 4 aromatic heterocycles. The maximum atomic E-state index is 13.0. The number of ether oxygens (including phenoxy) is 1. The van der Waals surface area contributed by atoms with Crippen LogP contribution in [-0.2, 0) is 14.8 Å². The van der Waals surface area contributed by atoms with Crippen molar-refractivity contribution in [2.45, 2.75) is 31.1 Å². The van der Waals surface area contributed by atoms with E-state index in [1.54, 1.807) is 13.2 Å². The van der Waals surface area contributed by atoms with Crippen LogP contribution in [0.3, 0.4) is 0 Å². The van der Waals surface area contributed by atoms with Crippen molar-refractivity contribution in [2.24, 2.45) is 0 Å². The number of anilines is 2. The van der Waals surface area contributed by atoms with Crippen molar-refractivity contribution >= 4 is 54.1 Å². The van der Waals surface area contributed by atoms with Gasteiger partial charge < -0.3 is 14.6 Å². The van der Waals surface area contributed by atoms with Crippen LogP contribution in [0, 0.1) is 0 Å². The van der Waals surface area contributed by atoms with E-state index < -0.39 is 10.0 Å². The average molecular weight is 485 g/mol. The summed E-state index contributed by atoms with van der Waals surface area (Å²) in [6, 6.07) is 4.01. The van der Waals surface area contributed by atoms with Crippen LogP contribution in [0.2, 0.25) is 0 Å². The average Bonchev–Trinajstić information content (AvgIpc) is 3.43. The fourth-order valence-electron chi connectivity index (χ4n) is 4.35. The molecule has 0 spiro atoms. The van der Waals surface area contributed by atoms with Gasteiger partial charge in [0.1, 0.15) is 11.2 Å². The monoisotopic (exact) mass is 484 g/mol. The van der Waals surface area contributed by atoms with Crippen LogP contribution in [0.5, 0.6) is 0 Å². The number of aromatic nitrogens is 4. The molecule has 172 valence electrons. The minimum atomic E-state index is -3.40. The van der Waals surface area contributed by atoms with Crippen molar-refractivity contribution in [3.8, 4) is 11.4 Å². The van der Waals surface area contributed by atoms with Crippen LogP contribution in [0.1, 0.15) is 19.8 Å². The lowest BCUT2D eigenvalue weighted by Gasteiger charge is -2.34. The Balaban J connectivity index is 1.59. The standard InChI is InChI=1S/C22H24N6O3S2/c1-13-11-31-10-9-28(13)22-19-18(17(12-32-19)27(2)33(29,30)14-3-4-14)25-21(26-22)16-6-8-24-20-15(16)5-7-23-20/h5-8,12-14H,3-4,9-11H2,1-2H3,(H,23,24)/t13-/m1/s1. The summed E-state index contributed by atoms with van der Waals surface area (Å²) in [6.45, 7) is 4.07. The second kappa shape index (κ2) is 7.64. The molecule has 33 heavy (non-hydrogen) atoms. The van der Waals surface area contributed by atoms with E-state index in [9.17, 15) is 8.42 Å². The lowest BCUT2D eigenvalue weighted by molar-refractivity contribution is 0.0987. The molecule has 5 heterocycles. The van der Waals surface area contributed by atoms with Crippen LogP contribution in [0.25, 0.3) is 32.6 Å². The molecule has 1 atom stereocenters. The number of hydrogen-bond donors (Lipinski definition) is 1. The topological polar surface area (TPSA) is 104 Å². The summed E-state index contributed by atoms with van der Waals surface area (Å²) in [5, 5.41) is 2.52. The van der Waals surface area contributed by atoms with Crippen molar-refractivity contribution < 1.29 is 13.2 Å². The number of fused-ring (bicyclic) bond motifs is 2. The number of aromatic amines is 1. The Morgan fingerprint density at radius 2 is 2.12 bits per heavy atom. The van der Waals surface area contributed by atoms with Gasteiger partial charge in [-0.2, -0.15) is 0 Å². The summed E-state index contributed by atoms with van der Waals surface area (Å²) in [4.78, 5) is 19.7. The highest BCUT2D eigenvalue weighted by molar-refractivity contribution is 7.93. The molecule has 1 aliphatic carbocycles. The van der Waals surface area contributed by atoms with E-state index in [0.29, 0.717) is 49.6 Å². The number of morpholine rings is 1. The van der Waals surface area contributed by atoms with Crippen molar-refractivity contribution in [1.29, 1.82) is 0 Å². The third-order valence-electron chi connectivity index (χ3n) is 6.39. The number of hydrogen-bond acceptors (Lipinski definition) is 8. The summed E-state index contributed by atoms with van der Waals surface area (Å²) in [7, 11) is -1.77. The van der Waals surface area contributed by atoms with Crippen molar-refractivity contribution in [1.82, 2.24) is 19.9 Å². The summed E-state index contributed by atoms with van der Waals surface area (Å²) in [5.74, 6) is 1.37. The summed E-state index contributed by atoms with van der Waals surface area (Å²) >= 11 is 1.49. The number of H-pyrrole nitrogens is 1. The minimum absolute atomic E-state index is 0.146. The Labute approximate surface area is 195 Å². The second-order valence-corrected chi connectivity index (χ2v) is 11.7. The molecule has 9 nitrogen and oxygen atoms in total. The molecule has 1 N–H and O–H groups in total. The molecule has 11 heteroatoms. The number of rotatable bonds is 5. The van der Waals surface area contributed by atoms with Crippen LogP contribution in [0.4, 0.5) is 11.5 Å². The van der Waals surface area contributed by atoms with Crippen LogP contribution in [0.15, 0.2) is 29.9 Å². The largest absolute Gasteiger partial charge is 0.377 e. The summed E-state index contributed by atoms with van der Waals surface area (Å²) in [5.41, 5.74) is 2.88. The third-order valence-corrected chi connectivity index (χ3v) is 9.61. The molecule has 1 saturated carbocycles. The predicted molar refractivity (Wildman–Crippen MR) is 130 cm³/mol. The summed E-state index contributed by atoms with van der Waals surface area (Å²) in [6.07, 6.45) is 5.01. The molecule has 2 fully saturated rings. The first-order valence-electron chi connectivity index (χ1n) is 11.0. The molecule has 2 aliphatic rings. The number of nitrogens with zero attached hydrogens (tertiary/aromatic N) is 5. The minimum Gasteiger partial charge on any atom is -0.377 e. The highest BCUT2D eigenvalue weighted by Crippen LogP contribution is 2.42. The Hall–Kier alpha value is -2.76. The molecule has 0 amide bonds. The maximum Gasteiger partial charge on any atom is 0.237 e. The third kappa shape index (κ3) is 3.37. The Kier molecular flexibility index (Phi) is 4.82. The van der Waals surface area contributed by atoms with Crippen molar-refractivity contribution in [2.75, 3.05) is 36.0 Å². The highest BCUT2D eigenvalue weighted by Gasteiger charge is 2.40. The predicted octanol–water partition coefficient (Wildman–Crippen LogP) is 3.39. The first-order chi connectivity index (χ1) is 15.9. The van der Waals surface area contributed by atoms with Gasteiger partial charge in [0.15, 0.2) is 11.6 Å². The molecule has 4 aromatic rings. The van der Waals surface area contributed by atoms with Gasteiger partial charge in [0.2, 0.25) is 10.0 Å². The van der Waals surface area contributed by atoms with E-state index in [1.165, 1.54) is 15.6 Å². The van der Waals surface area contributed by atoms with Gasteiger partial charge in [0.05, 0.1) is 34.9 Å². The molecular formula is C22H24N6O3S2. The number of thiophene rings is 1. The van der Waals surface area contributed by atoms with Crippen LogP contribution < -0.4 is 9.21 Å². The molecule has 1 saturated heterocycles. The van der Waals surface area contributed by atoms with Crippen molar-refractivity contribution in [3.63, 3.8) is 0 Å². The SMILES string of the molecule is C[C@@H]1COCCN1c1nc(-c2ccnc3[nH]ccc23)nc2c(N(C)S(=O)(=O)C3CC3)csc12. The lowest BCUT2D eigenvalue weighted by atomic mass is 10.1. The van der Waals surface area contributed by atoms with Crippen LogP contribution in [-0.4, -0.2) is 66.5 Å². The molecule has 1 aliphatic heterocycles. The molecule has 0 bridgehead atoms. The molecule has 0 unspecified atom stereocenters. The van der Waals surface area contributed by atoms with Crippen molar-refractivity contribution in [3.05, 3.63) is 29.9 Å². The van der Waals surface area contributed by atoms with Gasteiger partial charge in [-0.05, 0) is 31.9 Å². The normalized spacial score (nSPS) is 19.5. The van der Waals surface area contributed by atoms with Gasteiger partial charge in [-0.15, -0.1) is 11.3 Å². The Bertz CT molecular complexity index is 1460. The fraction of sp³-hybridized carbons (Fsp3) is 0.409. The zero-order valence-corrected chi connectivity index (χ0v) is 20.0. The van der Waals surface area contributed by atoms with Gasteiger partial charge in [-0.1, -0.05) is 0 Å². The van der Waals surface area contributed by atoms with Gasteiger partial charge in [-0.25, -0.2) is 23.4 Å².